The third-order valence-corrected chi connectivity index (χ3v) is 5.30. The van der Waals surface area contributed by atoms with E-state index in [1.54, 1.807) is 0 Å². The maximum atomic E-state index is 5.73. The second-order valence-corrected chi connectivity index (χ2v) is 7.00. The van der Waals surface area contributed by atoms with E-state index in [-0.39, 0.29) is 12.4 Å². The summed E-state index contributed by atoms with van der Waals surface area (Å²) in [6.07, 6.45) is 7.84. The van der Waals surface area contributed by atoms with Gasteiger partial charge in [-0.2, -0.15) is 0 Å². The Kier molecular flexibility index (Phi) is 7.25. The third kappa shape index (κ3) is 4.89. The molecule has 0 spiro atoms. The fourth-order valence-electron chi connectivity index (χ4n) is 2.79. The van der Waals surface area contributed by atoms with E-state index in [1.807, 2.05) is 24.0 Å². The summed E-state index contributed by atoms with van der Waals surface area (Å²) < 4.78 is 5.73. The maximum absolute atomic E-state index is 5.73. The number of unbranched alkanes of at least 4 members (excludes halogenated alkanes) is 1. The molecular formula is C19H24ClNOS. The first kappa shape index (κ1) is 18.2. The molecule has 1 aromatic heterocycles. The van der Waals surface area contributed by atoms with Crippen LogP contribution in [0.3, 0.4) is 0 Å². The van der Waals surface area contributed by atoms with Gasteiger partial charge in [-0.15, -0.1) is 24.2 Å². The number of fused-ring (bicyclic) bond motifs is 1. The molecular weight excluding hydrogens is 326 g/mol. The monoisotopic (exact) mass is 349 g/mol. The van der Waals surface area contributed by atoms with Gasteiger partial charge >= 0.3 is 0 Å². The molecule has 0 aliphatic heterocycles. The molecule has 1 atom stereocenters. The van der Waals surface area contributed by atoms with E-state index < -0.39 is 0 Å². The summed E-state index contributed by atoms with van der Waals surface area (Å²) in [7, 11) is 0. The lowest BCUT2D eigenvalue weighted by Crippen LogP contribution is -2.09. The Morgan fingerprint density at radius 1 is 1.22 bits per heavy atom. The average molecular weight is 350 g/mol. The lowest BCUT2D eigenvalue weighted by molar-refractivity contribution is 0.309. The molecule has 124 valence electrons. The van der Waals surface area contributed by atoms with E-state index in [0.717, 1.165) is 18.8 Å². The lowest BCUT2D eigenvalue weighted by Gasteiger charge is -2.23. The van der Waals surface area contributed by atoms with Crippen LogP contribution in [-0.2, 0) is 6.42 Å². The molecule has 4 heteroatoms. The van der Waals surface area contributed by atoms with E-state index in [4.69, 9.17) is 4.74 Å². The quantitative estimate of drug-likeness (QED) is 0.610. The first-order valence-corrected chi connectivity index (χ1v) is 9.08. The number of rotatable bonds is 6. The molecule has 3 rings (SSSR count). The Balaban J connectivity index is 0.00000192. The summed E-state index contributed by atoms with van der Waals surface area (Å²) in [5, 5.41) is 0.483. The van der Waals surface area contributed by atoms with Crippen molar-refractivity contribution in [3.63, 3.8) is 0 Å². The van der Waals surface area contributed by atoms with Crippen molar-refractivity contribution in [2.45, 2.75) is 49.2 Å². The first-order valence-electron chi connectivity index (χ1n) is 8.20. The van der Waals surface area contributed by atoms with Crippen LogP contribution in [0.2, 0.25) is 0 Å². The van der Waals surface area contributed by atoms with Crippen LogP contribution in [0.15, 0.2) is 47.5 Å². The van der Waals surface area contributed by atoms with Gasteiger partial charge in [-0.3, -0.25) is 4.98 Å². The Morgan fingerprint density at radius 2 is 2.04 bits per heavy atom. The zero-order valence-electron chi connectivity index (χ0n) is 13.5. The zero-order chi connectivity index (χ0) is 15.2. The van der Waals surface area contributed by atoms with Gasteiger partial charge in [-0.05, 0) is 61.6 Å². The van der Waals surface area contributed by atoms with Crippen molar-refractivity contribution >= 4 is 24.2 Å². The SMILES string of the molecule is CCCCOc1ccc(SC2CCCc3cccnc32)cc1.Cl. The molecule has 0 radical (unpaired) electrons. The molecule has 0 saturated carbocycles. The van der Waals surface area contributed by atoms with Crippen LogP contribution in [0.1, 0.15) is 49.1 Å². The Hall–Kier alpha value is -1.19. The van der Waals surface area contributed by atoms with Crippen molar-refractivity contribution in [3.8, 4) is 5.75 Å². The smallest absolute Gasteiger partial charge is 0.119 e. The molecule has 0 N–H and O–H groups in total. The second kappa shape index (κ2) is 9.19. The van der Waals surface area contributed by atoms with Crippen LogP contribution in [0.5, 0.6) is 5.75 Å². The van der Waals surface area contributed by atoms with Gasteiger partial charge in [0.1, 0.15) is 5.75 Å². The Morgan fingerprint density at radius 3 is 2.83 bits per heavy atom. The molecule has 1 unspecified atom stereocenters. The number of aryl methyl sites for hydroxylation is 1. The average Bonchev–Trinajstić information content (AvgIpc) is 2.57. The van der Waals surface area contributed by atoms with Gasteiger partial charge in [-0.25, -0.2) is 0 Å². The van der Waals surface area contributed by atoms with Crippen LogP contribution in [-0.4, -0.2) is 11.6 Å². The van der Waals surface area contributed by atoms with E-state index in [1.165, 1.54) is 41.8 Å². The van der Waals surface area contributed by atoms with Gasteiger partial charge in [0.05, 0.1) is 17.6 Å². The molecule has 0 fully saturated rings. The highest BCUT2D eigenvalue weighted by Gasteiger charge is 2.22. The maximum Gasteiger partial charge on any atom is 0.119 e. The summed E-state index contributed by atoms with van der Waals surface area (Å²) >= 11 is 1.93. The van der Waals surface area contributed by atoms with Gasteiger partial charge in [0.2, 0.25) is 0 Å². The molecule has 2 nitrogen and oxygen atoms in total. The fourth-order valence-corrected chi connectivity index (χ4v) is 4.02. The summed E-state index contributed by atoms with van der Waals surface area (Å²) in [5.41, 5.74) is 2.70. The minimum absolute atomic E-state index is 0. The van der Waals surface area contributed by atoms with Crippen molar-refractivity contribution in [2.24, 2.45) is 0 Å². The van der Waals surface area contributed by atoms with Gasteiger partial charge in [0, 0.05) is 11.1 Å². The van der Waals surface area contributed by atoms with Crippen LogP contribution >= 0.6 is 24.2 Å². The Bertz CT molecular complexity index is 603. The number of nitrogens with zero attached hydrogens (tertiary/aromatic N) is 1. The highest BCUT2D eigenvalue weighted by Crippen LogP contribution is 2.42. The first-order chi connectivity index (χ1) is 10.9. The van der Waals surface area contributed by atoms with Crippen molar-refractivity contribution in [1.82, 2.24) is 4.98 Å². The minimum Gasteiger partial charge on any atom is -0.494 e. The predicted molar refractivity (Wildman–Crippen MR) is 99.9 cm³/mol. The summed E-state index contributed by atoms with van der Waals surface area (Å²) in [4.78, 5) is 5.92. The van der Waals surface area contributed by atoms with Gasteiger partial charge in [0.25, 0.3) is 0 Å². The topological polar surface area (TPSA) is 22.1 Å². The number of hydrogen-bond acceptors (Lipinski definition) is 3. The van der Waals surface area contributed by atoms with Gasteiger partial charge in [0.15, 0.2) is 0 Å². The van der Waals surface area contributed by atoms with E-state index >= 15 is 0 Å². The van der Waals surface area contributed by atoms with Crippen LogP contribution in [0.4, 0.5) is 0 Å². The van der Waals surface area contributed by atoms with Crippen molar-refractivity contribution in [2.75, 3.05) is 6.61 Å². The molecule has 23 heavy (non-hydrogen) atoms. The number of thioether (sulfide) groups is 1. The van der Waals surface area contributed by atoms with Crippen LogP contribution < -0.4 is 4.74 Å². The lowest BCUT2D eigenvalue weighted by atomic mass is 9.96. The van der Waals surface area contributed by atoms with Crippen LogP contribution in [0.25, 0.3) is 0 Å². The zero-order valence-corrected chi connectivity index (χ0v) is 15.2. The molecule has 1 aromatic carbocycles. The fraction of sp³-hybridized carbons (Fsp3) is 0.421. The van der Waals surface area contributed by atoms with Gasteiger partial charge < -0.3 is 4.74 Å². The Labute approximate surface area is 149 Å². The summed E-state index contributed by atoms with van der Waals surface area (Å²) in [5.74, 6) is 0.972. The van der Waals surface area contributed by atoms with Gasteiger partial charge in [-0.1, -0.05) is 19.4 Å². The normalized spacial score (nSPS) is 16.3. The van der Waals surface area contributed by atoms with Crippen molar-refractivity contribution in [3.05, 3.63) is 53.9 Å². The molecule has 1 aliphatic rings. The molecule has 1 heterocycles. The summed E-state index contributed by atoms with van der Waals surface area (Å²) in [6.45, 7) is 2.99. The van der Waals surface area contributed by atoms with E-state index in [2.05, 4.69) is 42.2 Å². The molecule has 0 saturated heterocycles. The molecule has 0 bridgehead atoms. The number of pyridine rings is 1. The standard InChI is InChI=1S/C19H23NOS.ClH/c1-2-3-14-21-16-9-11-17(12-10-16)22-18-8-4-6-15-7-5-13-20-19(15)18;/h5,7,9-13,18H,2-4,6,8,14H2,1H3;1H. The number of hydrogen-bond donors (Lipinski definition) is 0. The highest BCUT2D eigenvalue weighted by molar-refractivity contribution is 7.99. The van der Waals surface area contributed by atoms with E-state index in [9.17, 15) is 0 Å². The predicted octanol–water partition coefficient (Wildman–Crippen LogP) is 5.85. The molecule has 0 amide bonds. The van der Waals surface area contributed by atoms with Crippen LogP contribution in [0, 0.1) is 0 Å². The highest BCUT2D eigenvalue weighted by atomic mass is 35.5. The van der Waals surface area contributed by atoms with Crippen molar-refractivity contribution < 1.29 is 4.74 Å². The number of benzene rings is 1. The number of aromatic nitrogens is 1. The minimum atomic E-state index is 0. The second-order valence-electron chi connectivity index (χ2n) is 5.72. The molecule has 1 aliphatic carbocycles. The largest absolute Gasteiger partial charge is 0.494 e. The number of halogens is 1. The number of ether oxygens (including phenoxy) is 1. The summed E-state index contributed by atoms with van der Waals surface area (Å²) in [6, 6.07) is 12.8. The molecule has 2 aromatic rings. The van der Waals surface area contributed by atoms with E-state index in [0.29, 0.717) is 5.25 Å². The van der Waals surface area contributed by atoms with Crippen molar-refractivity contribution in [1.29, 1.82) is 0 Å². The third-order valence-electron chi connectivity index (χ3n) is 4.01.